The van der Waals surface area contributed by atoms with Crippen LogP contribution < -0.4 is 4.74 Å². The Morgan fingerprint density at radius 2 is 2.19 bits per heavy atom. The van der Waals surface area contributed by atoms with Gasteiger partial charge in [0.1, 0.15) is 5.75 Å². The quantitative estimate of drug-likeness (QED) is 0.852. The summed E-state index contributed by atoms with van der Waals surface area (Å²) in [5.41, 5.74) is 1.34. The van der Waals surface area contributed by atoms with Gasteiger partial charge in [0, 0.05) is 5.39 Å². The fraction of sp³-hybridized carbons (Fsp3) is 0.167. The highest BCUT2D eigenvalue weighted by molar-refractivity contribution is 5.81. The molecule has 0 radical (unpaired) electrons. The lowest BCUT2D eigenvalue weighted by atomic mass is 10.1. The zero-order valence-corrected chi connectivity index (χ0v) is 8.80. The van der Waals surface area contributed by atoms with Gasteiger partial charge in [-0.25, -0.2) is 0 Å². The summed E-state index contributed by atoms with van der Waals surface area (Å²) >= 11 is 0. The number of benzene rings is 1. The second-order valence-corrected chi connectivity index (χ2v) is 3.43. The first kappa shape index (κ1) is 10.4. The molecule has 16 heavy (non-hydrogen) atoms. The van der Waals surface area contributed by atoms with Gasteiger partial charge in [0.2, 0.25) is 0 Å². The number of ether oxygens (including phenoxy) is 1. The average Bonchev–Trinajstić information content (AvgIpc) is 2.27. The van der Waals surface area contributed by atoms with Gasteiger partial charge in [-0.15, -0.1) is 0 Å². The molecule has 0 aliphatic rings. The van der Waals surface area contributed by atoms with Crippen LogP contribution in [-0.2, 0) is 11.2 Å². The van der Waals surface area contributed by atoms with E-state index in [9.17, 15) is 4.79 Å². The number of methoxy groups -OCH3 is 1. The van der Waals surface area contributed by atoms with Gasteiger partial charge in [-0.3, -0.25) is 9.78 Å². The normalized spacial score (nSPS) is 10.3. The van der Waals surface area contributed by atoms with Gasteiger partial charge in [0.15, 0.2) is 0 Å². The van der Waals surface area contributed by atoms with Crippen molar-refractivity contribution in [2.24, 2.45) is 0 Å². The Labute approximate surface area is 92.5 Å². The standard InChI is InChI=1S/C12H11NO3/c1-16-10-4-5-11-8(6-10)2-3-9(13-11)7-12(14)15/h2-6H,7H2,1H3,(H,14,15). The summed E-state index contributed by atoms with van der Waals surface area (Å²) in [6, 6.07) is 9.06. The van der Waals surface area contributed by atoms with Crippen molar-refractivity contribution in [2.75, 3.05) is 7.11 Å². The Kier molecular flexibility index (Phi) is 2.72. The molecule has 0 unspecified atom stereocenters. The van der Waals surface area contributed by atoms with Gasteiger partial charge in [0.25, 0.3) is 0 Å². The molecule has 82 valence electrons. The van der Waals surface area contributed by atoms with Crippen molar-refractivity contribution >= 4 is 16.9 Å². The molecule has 1 heterocycles. The summed E-state index contributed by atoms with van der Waals surface area (Å²) in [7, 11) is 1.60. The van der Waals surface area contributed by atoms with E-state index in [2.05, 4.69) is 4.98 Å². The van der Waals surface area contributed by atoms with E-state index in [1.807, 2.05) is 18.2 Å². The molecule has 0 amide bonds. The molecule has 0 fully saturated rings. The van der Waals surface area contributed by atoms with Crippen LogP contribution in [0.3, 0.4) is 0 Å². The third kappa shape index (κ3) is 2.11. The fourth-order valence-corrected chi connectivity index (χ4v) is 1.53. The molecule has 0 aliphatic heterocycles. The predicted octanol–water partition coefficient (Wildman–Crippen LogP) is 1.87. The van der Waals surface area contributed by atoms with Gasteiger partial charge >= 0.3 is 5.97 Å². The van der Waals surface area contributed by atoms with Crippen molar-refractivity contribution < 1.29 is 14.6 Å². The third-order valence-corrected chi connectivity index (χ3v) is 2.29. The summed E-state index contributed by atoms with van der Waals surface area (Å²) in [5.74, 6) is -0.111. The molecule has 0 saturated heterocycles. The third-order valence-electron chi connectivity index (χ3n) is 2.29. The molecule has 0 bridgehead atoms. The van der Waals surface area contributed by atoms with Crippen molar-refractivity contribution in [3.8, 4) is 5.75 Å². The van der Waals surface area contributed by atoms with Gasteiger partial charge in [-0.05, 0) is 24.3 Å². The van der Waals surface area contributed by atoms with Crippen LogP contribution in [0.1, 0.15) is 5.69 Å². The molecule has 0 aliphatic carbocycles. The van der Waals surface area contributed by atoms with E-state index in [-0.39, 0.29) is 6.42 Å². The first-order valence-corrected chi connectivity index (χ1v) is 4.84. The second kappa shape index (κ2) is 4.18. The Balaban J connectivity index is 2.43. The molecule has 0 spiro atoms. The van der Waals surface area contributed by atoms with Crippen LogP contribution in [0.25, 0.3) is 10.9 Å². The molecule has 1 N–H and O–H groups in total. The van der Waals surface area contributed by atoms with Crippen LogP contribution in [0.15, 0.2) is 30.3 Å². The summed E-state index contributed by atoms with van der Waals surface area (Å²) in [6.07, 6.45) is -0.0536. The molecule has 4 heteroatoms. The maximum Gasteiger partial charge on any atom is 0.309 e. The van der Waals surface area contributed by atoms with Crippen molar-refractivity contribution in [3.05, 3.63) is 36.0 Å². The number of carboxylic acid groups (broad SMARTS) is 1. The number of carboxylic acids is 1. The zero-order valence-electron chi connectivity index (χ0n) is 8.80. The maximum absolute atomic E-state index is 10.5. The van der Waals surface area contributed by atoms with Gasteiger partial charge in [-0.1, -0.05) is 6.07 Å². The van der Waals surface area contributed by atoms with E-state index < -0.39 is 5.97 Å². The number of hydrogen-bond donors (Lipinski definition) is 1. The minimum Gasteiger partial charge on any atom is -0.497 e. The number of nitrogens with zero attached hydrogens (tertiary/aromatic N) is 1. The summed E-state index contributed by atoms with van der Waals surface area (Å²) < 4.78 is 5.10. The van der Waals surface area contributed by atoms with Crippen LogP contribution >= 0.6 is 0 Å². The monoisotopic (exact) mass is 217 g/mol. The number of fused-ring (bicyclic) bond motifs is 1. The zero-order chi connectivity index (χ0) is 11.5. The van der Waals surface area contributed by atoms with E-state index in [1.54, 1.807) is 19.2 Å². The van der Waals surface area contributed by atoms with Crippen molar-refractivity contribution in [1.82, 2.24) is 4.98 Å². The van der Waals surface area contributed by atoms with Crippen molar-refractivity contribution in [3.63, 3.8) is 0 Å². The molecular formula is C12H11NO3. The summed E-state index contributed by atoms with van der Waals surface area (Å²) in [5, 5.41) is 9.60. The van der Waals surface area contributed by atoms with Crippen LogP contribution in [0.2, 0.25) is 0 Å². The number of hydrogen-bond acceptors (Lipinski definition) is 3. The number of pyridine rings is 1. The molecular weight excluding hydrogens is 206 g/mol. The number of aliphatic carboxylic acids is 1. The number of aromatic nitrogens is 1. The van der Waals surface area contributed by atoms with Crippen LogP contribution in [0.5, 0.6) is 5.75 Å². The van der Waals surface area contributed by atoms with Crippen LogP contribution in [0, 0.1) is 0 Å². The lowest BCUT2D eigenvalue weighted by Crippen LogP contribution is -2.02. The summed E-state index contributed by atoms with van der Waals surface area (Å²) in [4.78, 5) is 14.8. The fourth-order valence-electron chi connectivity index (χ4n) is 1.53. The Morgan fingerprint density at radius 1 is 1.38 bits per heavy atom. The topological polar surface area (TPSA) is 59.4 Å². The highest BCUT2D eigenvalue weighted by atomic mass is 16.5. The Bertz CT molecular complexity index is 537. The van der Waals surface area contributed by atoms with Crippen LogP contribution in [-0.4, -0.2) is 23.2 Å². The van der Waals surface area contributed by atoms with Crippen molar-refractivity contribution in [1.29, 1.82) is 0 Å². The van der Waals surface area contributed by atoms with Gasteiger partial charge in [-0.2, -0.15) is 0 Å². The SMILES string of the molecule is COc1ccc2nc(CC(=O)O)ccc2c1. The molecule has 1 aromatic carbocycles. The highest BCUT2D eigenvalue weighted by Crippen LogP contribution is 2.19. The lowest BCUT2D eigenvalue weighted by molar-refractivity contribution is -0.136. The highest BCUT2D eigenvalue weighted by Gasteiger charge is 2.03. The van der Waals surface area contributed by atoms with Crippen molar-refractivity contribution in [2.45, 2.75) is 6.42 Å². The van der Waals surface area contributed by atoms with Gasteiger partial charge < -0.3 is 9.84 Å². The minimum atomic E-state index is -0.875. The minimum absolute atomic E-state index is 0.0536. The first-order chi connectivity index (χ1) is 7.69. The summed E-state index contributed by atoms with van der Waals surface area (Å²) in [6.45, 7) is 0. The first-order valence-electron chi connectivity index (χ1n) is 4.84. The molecule has 2 aromatic rings. The smallest absolute Gasteiger partial charge is 0.309 e. The lowest BCUT2D eigenvalue weighted by Gasteiger charge is -2.03. The molecule has 0 saturated carbocycles. The average molecular weight is 217 g/mol. The van der Waals surface area contributed by atoms with E-state index in [4.69, 9.17) is 9.84 Å². The molecule has 1 aromatic heterocycles. The van der Waals surface area contributed by atoms with E-state index in [1.165, 1.54) is 0 Å². The van der Waals surface area contributed by atoms with E-state index in [0.717, 1.165) is 16.7 Å². The van der Waals surface area contributed by atoms with Crippen LogP contribution in [0.4, 0.5) is 0 Å². The Hall–Kier alpha value is -2.10. The van der Waals surface area contributed by atoms with E-state index in [0.29, 0.717) is 5.69 Å². The van der Waals surface area contributed by atoms with Gasteiger partial charge in [0.05, 0.1) is 24.7 Å². The molecule has 0 atom stereocenters. The molecule has 4 nitrogen and oxygen atoms in total. The van der Waals surface area contributed by atoms with E-state index >= 15 is 0 Å². The number of rotatable bonds is 3. The number of carbonyl (C=O) groups is 1. The largest absolute Gasteiger partial charge is 0.497 e. The second-order valence-electron chi connectivity index (χ2n) is 3.43. The predicted molar refractivity (Wildman–Crippen MR) is 59.6 cm³/mol. The maximum atomic E-state index is 10.5. The Morgan fingerprint density at radius 3 is 2.88 bits per heavy atom. The molecule has 2 rings (SSSR count).